The summed E-state index contributed by atoms with van der Waals surface area (Å²) in [6.45, 7) is 1.40. The fourth-order valence-corrected chi connectivity index (χ4v) is 2.66. The first kappa shape index (κ1) is 13.3. The number of H-pyrrole nitrogens is 1. The smallest absolute Gasteiger partial charge is 0.141 e. The van der Waals surface area contributed by atoms with Gasteiger partial charge in [0.2, 0.25) is 0 Å². The molecule has 3 heterocycles. The number of ether oxygens (including phenoxy) is 1. The number of aromatic amines is 1. The first-order valence-corrected chi connectivity index (χ1v) is 6.60. The Kier molecular flexibility index (Phi) is 3.81. The summed E-state index contributed by atoms with van der Waals surface area (Å²) in [4.78, 5) is 6.49. The highest BCUT2D eigenvalue weighted by molar-refractivity contribution is 5.08. The van der Waals surface area contributed by atoms with Crippen LogP contribution in [0.3, 0.4) is 0 Å². The molecule has 0 aromatic carbocycles. The number of furan rings is 1. The fraction of sp³-hybridized carbons (Fsp3) is 0.538. The van der Waals surface area contributed by atoms with Crippen LogP contribution in [-0.2, 0) is 17.9 Å². The van der Waals surface area contributed by atoms with Gasteiger partial charge < -0.3 is 14.3 Å². The van der Waals surface area contributed by atoms with Crippen LogP contribution in [0.15, 0.2) is 22.9 Å². The van der Waals surface area contributed by atoms with E-state index in [0.29, 0.717) is 12.3 Å². The third-order valence-corrected chi connectivity index (χ3v) is 3.68. The first-order chi connectivity index (χ1) is 9.80. The van der Waals surface area contributed by atoms with Crippen LogP contribution in [0, 0.1) is 0 Å². The molecule has 20 heavy (non-hydrogen) atoms. The minimum atomic E-state index is -0.0772. The second kappa shape index (κ2) is 5.74. The minimum absolute atomic E-state index is 0.0772. The van der Waals surface area contributed by atoms with E-state index in [9.17, 15) is 0 Å². The molecule has 0 radical (unpaired) electrons. The molecular formula is C13H18N4O3. The van der Waals surface area contributed by atoms with Crippen molar-refractivity contribution < 1.29 is 14.3 Å². The Morgan fingerprint density at radius 2 is 2.35 bits per heavy atom. The van der Waals surface area contributed by atoms with Crippen molar-refractivity contribution in [1.29, 1.82) is 0 Å². The van der Waals surface area contributed by atoms with Crippen LogP contribution in [0.25, 0.3) is 0 Å². The summed E-state index contributed by atoms with van der Waals surface area (Å²) >= 11 is 0. The monoisotopic (exact) mass is 278 g/mol. The van der Waals surface area contributed by atoms with Gasteiger partial charge in [-0.05, 0) is 18.6 Å². The van der Waals surface area contributed by atoms with Gasteiger partial charge >= 0.3 is 0 Å². The largest absolute Gasteiger partial charge is 0.462 e. The predicted octanol–water partition coefficient (Wildman–Crippen LogP) is 0.852. The predicted molar refractivity (Wildman–Crippen MR) is 69.6 cm³/mol. The molecule has 7 nitrogen and oxygen atoms in total. The van der Waals surface area contributed by atoms with Crippen molar-refractivity contribution in [1.82, 2.24) is 20.1 Å². The number of likely N-dealkylation sites (tertiary alicyclic amines) is 1. The van der Waals surface area contributed by atoms with Gasteiger partial charge in [-0.2, -0.15) is 5.10 Å². The zero-order valence-electron chi connectivity index (χ0n) is 11.3. The summed E-state index contributed by atoms with van der Waals surface area (Å²) in [5.41, 5.74) is 0. The highest BCUT2D eigenvalue weighted by atomic mass is 16.5. The highest BCUT2D eigenvalue weighted by Crippen LogP contribution is 2.32. The van der Waals surface area contributed by atoms with Crippen molar-refractivity contribution >= 4 is 0 Å². The van der Waals surface area contributed by atoms with Crippen molar-refractivity contribution in [3.63, 3.8) is 0 Å². The molecule has 1 fully saturated rings. The van der Waals surface area contributed by atoms with E-state index in [1.807, 2.05) is 6.07 Å². The minimum Gasteiger partial charge on any atom is -0.462 e. The Balaban J connectivity index is 1.75. The molecule has 0 spiro atoms. The Labute approximate surface area is 116 Å². The van der Waals surface area contributed by atoms with E-state index in [0.717, 1.165) is 24.6 Å². The van der Waals surface area contributed by atoms with E-state index in [1.165, 1.54) is 6.33 Å². The molecule has 2 N–H and O–H groups in total. The molecule has 1 saturated heterocycles. The number of aromatic nitrogens is 3. The molecule has 0 aliphatic carbocycles. The van der Waals surface area contributed by atoms with Gasteiger partial charge in [0.25, 0.3) is 0 Å². The highest BCUT2D eigenvalue weighted by Gasteiger charge is 2.35. The summed E-state index contributed by atoms with van der Waals surface area (Å²) in [6, 6.07) is 3.83. The van der Waals surface area contributed by atoms with Gasteiger partial charge in [0.15, 0.2) is 0 Å². The van der Waals surface area contributed by atoms with Crippen LogP contribution in [0.4, 0.5) is 0 Å². The van der Waals surface area contributed by atoms with Gasteiger partial charge in [0.1, 0.15) is 30.3 Å². The standard InChI is InChI=1S/C13H18N4O3/c1-19-11-4-12(13-14-8-15-16-13)17(6-11)5-9-2-3-10(7-18)20-9/h2-3,8,11-12,18H,4-7H2,1H3,(H,14,15,16)/t11-,12+/m1/s1. The van der Waals surface area contributed by atoms with Crippen LogP contribution in [-0.4, -0.2) is 44.9 Å². The molecule has 0 unspecified atom stereocenters. The van der Waals surface area contributed by atoms with Crippen molar-refractivity contribution in [2.45, 2.75) is 31.7 Å². The number of aliphatic hydroxyl groups excluding tert-OH is 1. The Morgan fingerprint density at radius 3 is 3.00 bits per heavy atom. The van der Waals surface area contributed by atoms with Crippen LogP contribution in [0.5, 0.6) is 0 Å². The number of aliphatic hydroxyl groups is 1. The van der Waals surface area contributed by atoms with E-state index >= 15 is 0 Å². The van der Waals surface area contributed by atoms with Crippen LogP contribution < -0.4 is 0 Å². The zero-order valence-corrected chi connectivity index (χ0v) is 11.3. The van der Waals surface area contributed by atoms with E-state index in [4.69, 9.17) is 14.3 Å². The molecule has 1 aliphatic rings. The Morgan fingerprint density at radius 1 is 1.50 bits per heavy atom. The zero-order chi connectivity index (χ0) is 13.9. The third-order valence-electron chi connectivity index (χ3n) is 3.68. The average Bonchev–Trinajstić information content (AvgIpc) is 3.19. The second-order valence-electron chi connectivity index (χ2n) is 4.94. The lowest BCUT2D eigenvalue weighted by Gasteiger charge is -2.20. The quantitative estimate of drug-likeness (QED) is 0.843. The normalized spacial score (nSPS) is 23.5. The molecule has 3 rings (SSSR count). The summed E-state index contributed by atoms with van der Waals surface area (Å²) < 4.78 is 11.0. The molecule has 0 bridgehead atoms. The molecular weight excluding hydrogens is 260 g/mol. The molecule has 1 aliphatic heterocycles. The van der Waals surface area contributed by atoms with E-state index < -0.39 is 0 Å². The maximum atomic E-state index is 9.04. The average molecular weight is 278 g/mol. The lowest BCUT2D eigenvalue weighted by Crippen LogP contribution is -2.25. The van der Waals surface area contributed by atoms with E-state index in [-0.39, 0.29) is 18.8 Å². The van der Waals surface area contributed by atoms with Crippen molar-refractivity contribution in [2.24, 2.45) is 0 Å². The Hall–Kier alpha value is -1.70. The maximum Gasteiger partial charge on any atom is 0.141 e. The summed E-state index contributed by atoms with van der Waals surface area (Å²) in [5, 5.41) is 15.9. The van der Waals surface area contributed by atoms with Gasteiger partial charge in [-0.15, -0.1) is 0 Å². The molecule has 2 aromatic heterocycles. The van der Waals surface area contributed by atoms with Crippen molar-refractivity contribution in [3.8, 4) is 0 Å². The number of nitrogens with zero attached hydrogens (tertiary/aromatic N) is 3. The molecule has 0 amide bonds. The van der Waals surface area contributed by atoms with Crippen molar-refractivity contribution in [3.05, 3.63) is 35.8 Å². The lowest BCUT2D eigenvalue weighted by molar-refractivity contribution is 0.106. The van der Waals surface area contributed by atoms with Crippen molar-refractivity contribution in [2.75, 3.05) is 13.7 Å². The van der Waals surface area contributed by atoms with Crippen LogP contribution in [0.2, 0.25) is 0 Å². The Bertz CT molecular complexity index is 540. The van der Waals surface area contributed by atoms with Gasteiger partial charge in [0, 0.05) is 13.7 Å². The summed E-state index contributed by atoms with van der Waals surface area (Å²) in [5.74, 6) is 2.26. The summed E-state index contributed by atoms with van der Waals surface area (Å²) in [6.07, 6.45) is 2.57. The lowest BCUT2D eigenvalue weighted by atomic mass is 10.2. The van der Waals surface area contributed by atoms with Gasteiger partial charge in [-0.25, -0.2) is 4.98 Å². The fourth-order valence-electron chi connectivity index (χ4n) is 2.66. The van der Waals surface area contributed by atoms with Gasteiger partial charge in [-0.1, -0.05) is 0 Å². The topological polar surface area (TPSA) is 87.4 Å². The number of hydrogen-bond donors (Lipinski definition) is 2. The number of hydrogen-bond acceptors (Lipinski definition) is 6. The molecule has 2 atom stereocenters. The van der Waals surface area contributed by atoms with Crippen LogP contribution in [0.1, 0.15) is 29.8 Å². The molecule has 2 aromatic rings. The van der Waals surface area contributed by atoms with E-state index in [1.54, 1.807) is 13.2 Å². The summed E-state index contributed by atoms with van der Waals surface area (Å²) in [7, 11) is 1.72. The number of rotatable bonds is 5. The first-order valence-electron chi connectivity index (χ1n) is 6.60. The SMILES string of the molecule is CO[C@@H]1C[C@@H](c2ncn[nH]2)N(Cc2ccc(CO)o2)C1. The second-order valence-corrected chi connectivity index (χ2v) is 4.94. The molecule has 0 saturated carbocycles. The van der Waals surface area contributed by atoms with Gasteiger partial charge in [-0.3, -0.25) is 10.00 Å². The van der Waals surface area contributed by atoms with E-state index in [2.05, 4.69) is 20.1 Å². The maximum absolute atomic E-state index is 9.04. The van der Waals surface area contributed by atoms with Crippen LogP contribution >= 0.6 is 0 Å². The number of nitrogens with one attached hydrogen (secondary N) is 1. The third kappa shape index (κ3) is 2.60. The van der Waals surface area contributed by atoms with Gasteiger partial charge in [0.05, 0.1) is 18.7 Å². The molecule has 108 valence electrons. The number of methoxy groups -OCH3 is 1. The molecule has 7 heteroatoms.